The van der Waals surface area contributed by atoms with Crippen LogP contribution in [0, 0.1) is 19.7 Å². The van der Waals surface area contributed by atoms with E-state index < -0.39 is 15.8 Å². The fourth-order valence-electron chi connectivity index (χ4n) is 1.34. The van der Waals surface area contributed by atoms with Crippen LogP contribution < -0.4 is 10.5 Å². The Hall–Kier alpha value is -1.74. The number of nitrogens with one attached hydrogen (secondary N) is 1. The number of aromatic nitrogens is 2. The molecule has 0 unspecified atom stereocenters. The minimum Gasteiger partial charge on any atom is -0.398 e. The zero-order valence-electron chi connectivity index (χ0n) is 10.1. The molecule has 6 nitrogen and oxygen atoms in total. The third kappa shape index (κ3) is 2.82. The first kappa shape index (κ1) is 13.7. The highest BCUT2D eigenvalue weighted by Gasteiger charge is 2.19. The number of anilines is 2. The monoisotopic (exact) mass is 302 g/mol. The average Bonchev–Trinajstić information content (AvgIpc) is 2.70. The van der Waals surface area contributed by atoms with Gasteiger partial charge in [0.25, 0.3) is 10.0 Å². The summed E-state index contributed by atoms with van der Waals surface area (Å²) >= 11 is 1.08. The number of sulfonamides is 1. The second-order valence-corrected chi connectivity index (χ2v) is 6.72. The average molecular weight is 302 g/mol. The molecule has 19 heavy (non-hydrogen) atoms. The Kier molecular flexibility index (Phi) is 3.42. The fourth-order valence-corrected chi connectivity index (χ4v) is 3.21. The Labute approximate surface area is 113 Å². The molecule has 0 fully saturated rings. The van der Waals surface area contributed by atoms with Crippen LogP contribution in [0.15, 0.2) is 17.0 Å². The standard InChI is InChI=1S/C10H11FN4O2S2/c1-5-8(11)3-7(4-9(5)12)19(16,17)15-10-14-13-6(2)18-10/h3-4H,12H2,1-2H3,(H,14,15). The quantitative estimate of drug-likeness (QED) is 0.841. The highest BCUT2D eigenvalue weighted by molar-refractivity contribution is 7.93. The van der Waals surface area contributed by atoms with Crippen LogP contribution in [0.2, 0.25) is 0 Å². The molecule has 3 N–H and O–H groups in total. The van der Waals surface area contributed by atoms with Gasteiger partial charge in [0.15, 0.2) is 0 Å². The maximum Gasteiger partial charge on any atom is 0.263 e. The topological polar surface area (TPSA) is 98.0 Å². The van der Waals surface area contributed by atoms with Gasteiger partial charge in [0.2, 0.25) is 5.13 Å². The fraction of sp³-hybridized carbons (Fsp3) is 0.200. The maximum atomic E-state index is 13.5. The summed E-state index contributed by atoms with van der Waals surface area (Å²) in [4.78, 5) is -0.249. The van der Waals surface area contributed by atoms with Gasteiger partial charge in [-0.3, -0.25) is 4.72 Å². The second kappa shape index (κ2) is 4.74. The van der Waals surface area contributed by atoms with Gasteiger partial charge in [0.1, 0.15) is 10.8 Å². The molecule has 0 amide bonds. The van der Waals surface area contributed by atoms with E-state index in [1.165, 1.54) is 13.0 Å². The Bertz CT molecular complexity index is 704. The van der Waals surface area contributed by atoms with Crippen LogP contribution >= 0.6 is 11.3 Å². The number of hydrogen-bond donors (Lipinski definition) is 2. The minimum atomic E-state index is -3.92. The first-order valence-corrected chi connectivity index (χ1v) is 7.48. The van der Waals surface area contributed by atoms with Gasteiger partial charge in [0, 0.05) is 11.3 Å². The normalized spacial score (nSPS) is 11.5. The zero-order valence-corrected chi connectivity index (χ0v) is 11.8. The SMILES string of the molecule is Cc1nnc(NS(=O)(=O)c2cc(N)c(C)c(F)c2)s1. The van der Waals surface area contributed by atoms with Crippen molar-refractivity contribution in [2.75, 3.05) is 10.5 Å². The molecule has 0 radical (unpaired) electrons. The van der Waals surface area contributed by atoms with E-state index in [0.29, 0.717) is 5.01 Å². The Balaban J connectivity index is 2.40. The predicted molar refractivity (Wildman–Crippen MR) is 71.0 cm³/mol. The second-order valence-electron chi connectivity index (χ2n) is 3.85. The van der Waals surface area contributed by atoms with Crippen LogP contribution in [0.4, 0.5) is 15.2 Å². The van der Waals surface area contributed by atoms with Crippen molar-refractivity contribution in [3.8, 4) is 0 Å². The Morgan fingerprint density at radius 3 is 2.53 bits per heavy atom. The van der Waals surface area contributed by atoms with Crippen LogP contribution in [-0.4, -0.2) is 18.6 Å². The van der Waals surface area contributed by atoms with Gasteiger partial charge in [-0.1, -0.05) is 11.3 Å². The van der Waals surface area contributed by atoms with Crippen LogP contribution in [-0.2, 0) is 10.0 Å². The molecule has 2 aromatic rings. The van der Waals surface area contributed by atoms with E-state index in [2.05, 4.69) is 14.9 Å². The molecule has 1 heterocycles. The van der Waals surface area contributed by atoms with Crippen LogP contribution in [0.25, 0.3) is 0 Å². The predicted octanol–water partition coefficient (Wildman–Crippen LogP) is 1.68. The van der Waals surface area contributed by atoms with Gasteiger partial charge in [-0.15, -0.1) is 10.2 Å². The molecular weight excluding hydrogens is 291 g/mol. The Morgan fingerprint density at radius 1 is 1.32 bits per heavy atom. The number of nitrogens with zero attached hydrogens (tertiary/aromatic N) is 2. The van der Waals surface area contributed by atoms with Gasteiger partial charge < -0.3 is 5.73 Å². The van der Waals surface area contributed by atoms with Crippen molar-refractivity contribution in [1.82, 2.24) is 10.2 Å². The van der Waals surface area contributed by atoms with Crippen LogP contribution in [0.1, 0.15) is 10.6 Å². The van der Waals surface area contributed by atoms with Crippen molar-refractivity contribution in [2.24, 2.45) is 0 Å². The number of rotatable bonds is 3. The molecular formula is C10H11FN4O2S2. The molecule has 2 rings (SSSR count). The molecule has 0 atom stereocenters. The van der Waals surface area contributed by atoms with Crippen molar-refractivity contribution in [1.29, 1.82) is 0 Å². The number of hydrogen-bond acceptors (Lipinski definition) is 6. The molecule has 0 aliphatic rings. The van der Waals surface area contributed by atoms with Crippen molar-refractivity contribution in [2.45, 2.75) is 18.7 Å². The lowest BCUT2D eigenvalue weighted by Crippen LogP contribution is -2.14. The number of nitrogens with two attached hydrogens (primary N) is 1. The van der Waals surface area contributed by atoms with Gasteiger partial charge in [-0.05, 0) is 26.0 Å². The van der Waals surface area contributed by atoms with E-state index in [0.717, 1.165) is 17.4 Å². The molecule has 9 heteroatoms. The summed E-state index contributed by atoms with van der Waals surface area (Å²) in [5.41, 5.74) is 5.85. The number of halogens is 1. The maximum absolute atomic E-state index is 13.5. The van der Waals surface area contributed by atoms with Crippen molar-refractivity contribution < 1.29 is 12.8 Å². The summed E-state index contributed by atoms with van der Waals surface area (Å²) in [6, 6.07) is 2.12. The van der Waals surface area contributed by atoms with Crippen LogP contribution in [0.3, 0.4) is 0 Å². The highest BCUT2D eigenvalue weighted by Crippen LogP contribution is 2.24. The summed E-state index contributed by atoms with van der Waals surface area (Å²) in [5.74, 6) is -0.672. The van der Waals surface area contributed by atoms with Crippen molar-refractivity contribution >= 4 is 32.2 Å². The summed E-state index contributed by atoms with van der Waals surface area (Å²) in [7, 11) is -3.92. The minimum absolute atomic E-state index is 0.0776. The number of benzene rings is 1. The molecule has 0 saturated carbocycles. The summed E-state index contributed by atoms with van der Waals surface area (Å²) < 4.78 is 39.8. The van der Waals surface area contributed by atoms with E-state index >= 15 is 0 Å². The smallest absolute Gasteiger partial charge is 0.263 e. The lowest BCUT2D eigenvalue weighted by atomic mass is 10.2. The molecule has 0 bridgehead atoms. The molecule has 0 saturated heterocycles. The van der Waals surface area contributed by atoms with E-state index in [1.807, 2.05) is 0 Å². The molecule has 0 spiro atoms. The summed E-state index contributed by atoms with van der Waals surface area (Å²) in [6.07, 6.45) is 0. The van der Waals surface area contributed by atoms with Crippen molar-refractivity contribution in [3.63, 3.8) is 0 Å². The van der Waals surface area contributed by atoms with Gasteiger partial charge in [0.05, 0.1) is 4.90 Å². The van der Waals surface area contributed by atoms with Gasteiger partial charge in [-0.2, -0.15) is 0 Å². The number of aryl methyl sites for hydroxylation is 1. The Morgan fingerprint density at radius 2 is 2.00 bits per heavy atom. The number of nitrogen functional groups attached to an aromatic ring is 1. The van der Waals surface area contributed by atoms with Gasteiger partial charge in [-0.25, -0.2) is 12.8 Å². The first-order valence-electron chi connectivity index (χ1n) is 5.18. The zero-order chi connectivity index (χ0) is 14.2. The first-order chi connectivity index (χ1) is 8.79. The summed E-state index contributed by atoms with van der Waals surface area (Å²) in [6.45, 7) is 3.17. The van der Waals surface area contributed by atoms with Crippen molar-refractivity contribution in [3.05, 3.63) is 28.5 Å². The van der Waals surface area contributed by atoms with E-state index in [4.69, 9.17) is 5.73 Å². The largest absolute Gasteiger partial charge is 0.398 e. The van der Waals surface area contributed by atoms with E-state index in [1.54, 1.807) is 6.92 Å². The molecule has 0 aliphatic heterocycles. The lowest BCUT2D eigenvalue weighted by molar-refractivity contribution is 0.593. The lowest BCUT2D eigenvalue weighted by Gasteiger charge is -2.08. The van der Waals surface area contributed by atoms with E-state index in [-0.39, 0.29) is 21.3 Å². The van der Waals surface area contributed by atoms with Gasteiger partial charge >= 0.3 is 0 Å². The highest BCUT2D eigenvalue weighted by atomic mass is 32.2. The third-order valence-corrected chi connectivity index (χ3v) is 4.62. The molecule has 0 aliphatic carbocycles. The molecule has 102 valence electrons. The van der Waals surface area contributed by atoms with Crippen LogP contribution in [0.5, 0.6) is 0 Å². The summed E-state index contributed by atoms with van der Waals surface area (Å²) in [5, 5.41) is 8.07. The third-order valence-electron chi connectivity index (χ3n) is 2.42. The van der Waals surface area contributed by atoms with E-state index in [9.17, 15) is 12.8 Å². The molecule has 1 aromatic heterocycles. The molecule has 1 aromatic carbocycles.